The molecule has 2 N–H and O–H groups in total. The number of piperidine rings is 1. The molecule has 4 nitrogen and oxygen atoms in total. The van der Waals surface area contributed by atoms with Crippen molar-refractivity contribution in [1.29, 1.82) is 0 Å². The second kappa shape index (κ2) is 9.11. The summed E-state index contributed by atoms with van der Waals surface area (Å²) in [5, 5.41) is 6.14. The van der Waals surface area contributed by atoms with Gasteiger partial charge in [0.2, 0.25) is 0 Å². The van der Waals surface area contributed by atoms with Crippen LogP contribution in [0.1, 0.15) is 46.3 Å². The van der Waals surface area contributed by atoms with E-state index in [9.17, 15) is 4.79 Å². The van der Waals surface area contributed by atoms with Gasteiger partial charge in [-0.25, -0.2) is 0 Å². The van der Waals surface area contributed by atoms with Crippen molar-refractivity contribution in [2.75, 3.05) is 18.4 Å². The van der Waals surface area contributed by atoms with Crippen LogP contribution in [0.2, 0.25) is 0 Å². The van der Waals surface area contributed by atoms with E-state index in [-0.39, 0.29) is 5.91 Å². The van der Waals surface area contributed by atoms with E-state index >= 15 is 0 Å². The van der Waals surface area contributed by atoms with Crippen molar-refractivity contribution in [2.45, 2.75) is 39.7 Å². The maximum absolute atomic E-state index is 12.3. The summed E-state index contributed by atoms with van der Waals surface area (Å²) in [6.07, 6.45) is 3.95. The summed E-state index contributed by atoms with van der Waals surface area (Å²) in [6.45, 7) is 7.39. The first-order valence-corrected chi connectivity index (χ1v) is 9.93. The standard InChI is InChI=1S/C22H27N3OS/c1-16-6-9-19(14-17(16)2)21(26)24-22(27)23-20-10-7-18(8-11-20)15-25-12-4-3-5-13-25/h6-11,14H,3-5,12-13,15H2,1-2H3,(H2,23,24,26,27). The highest BCUT2D eigenvalue weighted by Crippen LogP contribution is 2.15. The van der Waals surface area contributed by atoms with Crippen LogP contribution in [-0.2, 0) is 6.54 Å². The Morgan fingerprint density at radius 2 is 1.70 bits per heavy atom. The molecule has 1 heterocycles. The lowest BCUT2D eigenvalue weighted by atomic mass is 10.1. The third-order valence-corrected chi connectivity index (χ3v) is 5.27. The molecule has 0 bridgehead atoms. The summed E-state index contributed by atoms with van der Waals surface area (Å²) < 4.78 is 0. The Morgan fingerprint density at radius 3 is 2.37 bits per heavy atom. The fourth-order valence-corrected chi connectivity index (χ4v) is 3.50. The summed E-state index contributed by atoms with van der Waals surface area (Å²) >= 11 is 5.28. The molecular formula is C22H27N3OS. The van der Waals surface area contributed by atoms with E-state index in [1.807, 2.05) is 44.2 Å². The average molecular weight is 382 g/mol. The Labute approximate surface area is 167 Å². The zero-order valence-corrected chi connectivity index (χ0v) is 16.9. The molecule has 0 saturated carbocycles. The molecule has 1 saturated heterocycles. The van der Waals surface area contributed by atoms with Crippen LogP contribution < -0.4 is 10.6 Å². The summed E-state index contributed by atoms with van der Waals surface area (Å²) in [5.41, 5.74) is 5.04. The zero-order valence-electron chi connectivity index (χ0n) is 16.0. The van der Waals surface area contributed by atoms with Crippen molar-refractivity contribution in [2.24, 2.45) is 0 Å². The van der Waals surface area contributed by atoms with E-state index < -0.39 is 0 Å². The molecular weight excluding hydrogens is 354 g/mol. The van der Waals surface area contributed by atoms with E-state index in [4.69, 9.17) is 12.2 Å². The molecule has 142 valence electrons. The fourth-order valence-electron chi connectivity index (χ4n) is 3.29. The molecule has 1 aliphatic rings. The summed E-state index contributed by atoms with van der Waals surface area (Å²) in [7, 11) is 0. The van der Waals surface area contributed by atoms with Gasteiger partial charge < -0.3 is 5.32 Å². The SMILES string of the molecule is Cc1ccc(C(=O)NC(=S)Nc2ccc(CN3CCCCC3)cc2)cc1C. The summed E-state index contributed by atoms with van der Waals surface area (Å²) in [6, 6.07) is 13.9. The van der Waals surface area contributed by atoms with Crippen LogP contribution in [0.25, 0.3) is 0 Å². The molecule has 1 amide bonds. The number of hydrogen-bond donors (Lipinski definition) is 2. The number of carbonyl (C=O) groups excluding carboxylic acids is 1. The van der Waals surface area contributed by atoms with Gasteiger partial charge in [0, 0.05) is 17.8 Å². The molecule has 2 aromatic rings. The molecule has 0 unspecified atom stereocenters. The highest BCUT2D eigenvalue weighted by Gasteiger charge is 2.11. The number of benzene rings is 2. The lowest BCUT2D eigenvalue weighted by molar-refractivity contribution is 0.0977. The first-order valence-electron chi connectivity index (χ1n) is 9.52. The Balaban J connectivity index is 1.52. The van der Waals surface area contributed by atoms with E-state index in [1.165, 1.54) is 37.9 Å². The molecule has 0 radical (unpaired) electrons. The van der Waals surface area contributed by atoms with Gasteiger partial charge in [0.25, 0.3) is 5.91 Å². The number of likely N-dealkylation sites (tertiary alicyclic amines) is 1. The third kappa shape index (κ3) is 5.62. The first-order chi connectivity index (χ1) is 13.0. The van der Waals surface area contributed by atoms with Crippen molar-refractivity contribution in [3.63, 3.8) is 0 Å². The quantitative estimate of drug-likeness (QED) is 0.770. The Hall–Kier alpha value is -2.24. The number of nitrogens with zero attached hydrogens (tertiary/aromatic N) is 1. The predicted molar refractivity (Wildman–Crippen MR) is 115 cm³/mol. The third-order valence-electron chi connectivity index (χ3n) is 5.06. The van der Waals surface area contributed by atoms with Gasteiger partial charge in [-0.15, -0.1) is 0 Å². The lowest BCUT2D eigenvalue weighted by Gasteiger charge is -2.26. The number of thiocarbonyl (C=S) groups is 1. The molecule has 0 atom stereocenters. The fraction of sp³-hybridized carbons (Fsp3) is 0.364. The monoisotopic (exact) mass is 381 g/mol. The normalized spacial score (nSPS) is 14.6. The second-order valence-corrected chi connectivity index (χ2v) is 7.65. The zero-order chi connectivity index (χ0) is 19.2. The van der Waals surface area contributed by atoms with Crippen molar-refractivity contribution in [3.8, 4) is 0 Å². The maximum Gasteiger partial charge on any atom is 0.257 e. The van der Waals surface area contributed by atoms with Crippen LogP contribution in [0.4, 0.5) is 5.69 Å². The van der Waals surface area contributed by atoms with Gasteiger partial charge in [-0.05, 0) is 93.0 Å². The molecule has 3 rings (SSSR count). The van der Waals surface area contributed by atoms with Crippen molar-refractivity contribution in [3.05, 3.63) is 64.7 Å². The Kier molecular flexibility index (Phi) is 6.58. The van der Waals surface area contributed by atoms with Gasteiger partial charge in [-0.1, -0.05) is 24.6 Å². The van der Waals surface area contributed by atoms with Crippen LogP contribution in [-0.4, -0.2) is 29.0 Å². The molecule has 2 aromatic carbocycles. The molecule has 0 aliphatic carbocycles. The van der Waals surface area contributed by atoms with Crippen LogP contribution in [0.5, 0.6) is 0 Å². The summed E-state index contributed by atoms with van der Waals surface area (Å²) in [5.74, 6) is -0.197. The minimum Gasteiger partial charge on any atom is -0.332 e. The van der Waals surface area contributed by atoms with Crippen molar-refractivity contribution in [1.82, 2.24) is 10.2 Å². The summed E-state index contributed by atoms with van der Waals surface area (Å²) in [4.78, 5) is 14.8. The lowest BCUT2D eigenvalue weighted by Crippen LogP contribution is -2.34. The van der Waals surface area contributed by atoms with E-state index in [1.54, 1.807) is 0 Å². The molecule has 0 spiro atoms. The minimum absolute atomic E-state index is 0.197. The second-order valence-electron chi connectivity index (χ2n) is 7.24. The Bertz CT molecular complexity index is 811. The van der Waals surface area contributed by atoms with Gasteiger partial charge in [0.05, 0.1) is 0 Å². The molecule has 1 fully saturated rings. The van der Waals surface area contributed by atoms with Crippen LogP contribution in [0, 0.1) is 13.8 Å². The van der Waals surface area contributed by atoms with Crippen molar-refractivity contribution >= 4 is 28.9 Å². The smallest absolute Gasteiger partial charge is 0.257 e. The minimum atomic E-state index is -0.197. The molecule has 1 aliphatic heterocycles. The van der Waals surface area contributed by atoms with E-state index in [2.05, 4.69) is 27.7 Å². The molecule has 0 aromatic heterocycles. The van der Waals surface area contributed by atoms with Gasteiger partial charge in [0.15, 0.2) is 5.11 Å². The van der Waals surface area contributed by atoms with Crippen LogP contribution >= 0.6 is 12.2 Å². The number of carbonyl (C=O) groups is 1. The number of hydrogen-bond acceptors (Lipinski definition) is 3. The van der Waals surface area contributed by atoms with Gasteiger partial charge in [-0.3, -0.25) is 15.0 Å². The number of anilines is 1. The molecule has 27 heavy (non-hydrogen) atoms. The maximum atomic E-state index is 12.3. The number of amides is 1. The van der Waals surface area contributed by atoms with Crippen LogP contribution in [0.3, 0.4) is 0 Å². The largest absolute Gasteiger partial charge is 0.332 e. The number of aryl methyl sites for hydroxylation is 2. The van der Waals surface area contributed by atoms with Gasteiger partial charge >= 0.3 is 0 Å². The first kappa shape index (κ1) is 19.5. The average Bonchev–Trinajstić information content (AvgIpc) is 2.66. The van der Waals surface area contributed by atoms with Crippen molar-refractivity contribution < 1.29 is 4.79 Å². The van der Waals surface area contributed by atoms with Gasteiger partial charge in [-0.2, -0.15) is 0 Å². The topological polar surface area (TPSA) is 44.4 Å². The molecule has 5 heteroatoms. The predicted octanol–water partition coefficient (Wildman–Crippen LogP) is 4.42. The highest BCUT2D eigenvalue weighted by molar-refractivity contribution is 7.80. The number of nitrogens with one attached hydrogen (secondary N) is 2. The Morgan fingerprint density at radius 1 is 1.00 bits per heavy atom. The van der Waals surface area contributed by atoms with E-state index in [0.29, 0.717) is 10.7 Å². The van der Waals surface area contributed by atoms with E-state index in [0.717, 1.165) is 23.4 Å². The van der Waals surface area contributed by atoms with Gasteiger partial charge in [0.1, 0.15) is 0 Å². The van der Waals surface area contributed by atoms with Crippen LogP contribution in [0.15, 0.2) is 42.5 Å². The number of rotatable bonds is 4. The highest BCUT2D eigenvalue weighted by atomic mass is 32.1.